The molecule has 0 bridgehead atoms. The van der Waals surface area contributed by atoms with Crippen LogP contribution in [0.5, 0.6) is 0 Å². The van der Waals surface area contributed by atoms with E-state index in [0.29, 0.717) is 10.1 Å². The Kier molecular flexibility index (Phi) is 1.97. The molecule has 0 spiro atoms. The number of nitrogens with zero attached hydrogens (tertiary/aromatic N) is 3. The van der Waals surface area contributed by atoms with Crippen LogP contribution in [0.25, 0.3) is 16.6 Å². The third-order valence-electron chi connectivity index (χ3n) is 3.13. The van der Waals surface area contributed by atoms with E-state index in [-0.39, 0.29) is 22.1 Å². The highest BCUT2D eigenvalue weighted by Crippen LogP contribution is 2.21. The molecule has 0 aliphatic heterocycles. The highest BCUT2D eigenvalue weighted by atomic mass is 16.5. The van der Waals surface area contributed by atoms with Crippen molar-refractivity contribution in [1.82, 2.24) is 14.0 Å². The second kappa shape index (κ2) is 4.43. The molecule has 104 valence electrons. The van der Waals surface area contributed by atoms with Gasteiger partial charge in [-0.05, 0) is 24.1 Å². The van der Waals surface area contributed by atoms with Crippen LogP contribution in [-0.2, 0) is 13.4 Å². The smallest absolute Gasteiger partial charge is 0.261 e. The summed E-state index contributed by atoms with van der Waals surface area (Å²) in [4.78, 5) is 16.7. The SMILES string of the molecule is [2H]C(c1cc(C)cc2c(=O)n(C([2H])([2H])[2H])c3cncn3c12)C(O)O. The highest BCUT2D eigenvalue weighted by molar-refractivity contribution is 5.84. The zero-order valence-electron chi connectivity index (χ0n) is 14.6. The van der Waals surface area contributed by atoms with Crippen molar-refractivity contribution < 1.29 is 15.7 Å². The van der Waals surface area contributed by atoms with Crippen LogP contribution >= 0.6 is 0 Å². The molecule has 0 fully saturated rings. The monoisotopic (exact) mass is 277 g/mol. The zero-order chi connectivity index (χ0) is 17.8. The molecular formula is C14H15N3O3. The molecule has 0 aliphatic carbocycles. The molecule has 1 unspecified atom stereocenters. The molecule has 20 heavy (non-hydrogen) atoms. The Balaban J connectivity index is 2.58. The van der Waals surface area contributed by atoms with E-state index in [4.69, 9.17) is 5.48 Å². The minimum atomic E-state index is -2.70. The fraction of sp³-hybridized carbons (Fsp3) is 0.286. The van der Waals surface area contributed by atoms with Gasteiger partial charge in [0.1, 0.15) is 12.0 Å². The standard InChI is InChI=1S/C14H15N3O3/c1-8-3-9(5-12(18)19)13-10(4-8)14(20)16(2)11-6-15-7-17(11)13/h3-4,6-7,12,18-19H,5H2,1-2H3/i2D3,5D. The van der Waals surface area contributed by atoms with Crippen LogP contribution < -0.4 is 5.56 Å². The topological polar surface area (TPSA) is 79.8 Å². The summed E-state index contributed by atoms with van der Waals surface area (Å²) in [6.07, 6.45) is -0.792. The Bertz CT molecular complexity index is 991. The quantitative estimate of drug-likeness (QED) is 0.662. The molecule has 0 aliphatic rings. The number of aliphatic hydroxyl groups is 2. The summed E-state index contributed by atoms with van der Waals surface area (Å²) in [5.41, 5.74) is 0.341. The van der Waals surface area contributed by atoms with Crippen LogP contribution in [0.1, 0.15) is 16.6 Å². The summed E-state index contributed by atoms with van der Waals surface area (Å²) < 4.78 is 32.8. The average Bonchev–Trinajstić information content (AvgIpc) is 2.93. The van der Waals surface area contributed by atoms with Crippen LogP contribution in [0.2, 0.25) is 0 Å². The maximum Gasteiger partial charge on any atom is 0.261 e. The van der Waals surface area contributed by atoms with Crippen molar-refractivity contribution in [3.8, 4) is 0 Å². The second-order valence-electron chi connectivity index (χ2n) is 4.59. The zero-order valence-corrected chi connectivity index (χ0v) is 10.6. The first kappa shape index (κ1) is 8.89. The second-order valence-corrected chi connectivity index (χ2v) is 4.59. The van der Waals surface area contributed by atoms with E-state index < -0.39 is 25.2 Å². The van der Waals surface area contributed by atoms with Crippen LogP contribution in [0.4, 0.5) is 0 Å². The third kappa shape index (κ3) is 1.81. The number of hydrogen-bond donors (Lipinski definition) is 2. The first-order chi connectivity index (χ1) is 11.1. The van der Waals surface area contributed by atoms with Gasteiger partial charge in [-0.1, -0.05) is 6.07 Å². The van der Waals surface area contributed by atoms with E-state index in [9.17, 15) is 15.0 Å². The normalized spacial score (nSPS) is 17.0. The van der Waals surface area contributed by atoms with Gasteiger partial charge in [-0.15, -0.1) is 0 Å². The van der Waals surface area contributed by atoms with Gasteiger partial charge in [0.25, 0.3) is 5.56 Å². The van der Waals surface area contributed by atoms with Gasteiger partial charge in [-0.3, -0.25) is 13.8 Å². The van der Waals surface area contributed by atoms with Crippen LogP contribution in [0.15, 0.2) is 29.5 Å². The van der Waals surface area contributed by atoms with Gasteiger partial charge in [0.2, 0.25) is 0 Å². The Labute approximate surface area is 120 Å². The number of hydrogen-bond acceptors (Lipinski definition) is 4. The first-order valence-corrected chi connectivity index (χ1v) is 5.93. The Morgan fingerprint density at radius 1 is 1.50 bits per heavy atom. The summed E-state index contributed by atoms with van der Waals surface area (Å²) in [6.45, 7) is -1.02. The van der Waals surface area contributed by atoms with Crippen molar-refractivity contribution in [2.45, 2.75) is 19.6 Å². The number of rotatable bonds is 2. The molecule has 1 aromatic carbocycles. The van der Waals surface area contributed by atoms with Crippen LogP contribution in [0, 0.1) is 6.92 Å². The van der Waals surface area contributed by atoms with Gasteiger partial charge in [-0.25, -0.2) is 4.98 Å². The molecule has 2 aromatic heterocycles. The van der Waals surface area contributed by atoms with Gasteiger partial charge in [0.15, 0.2) is 6.29 Å². The predicted octanol–water partition coefficient (Wildman–Crippen LogP) is 0.348. The number of fused-ring (bicyclic) bond motifs is 3. The molecular weight excluding hydrogens is 258 g/mol. The molecule has 0 saturated heterocycles. The lowest BCUT2D eigenvalue weighted by molar-refractivity contribution is -0.0379. The van der Waals surface area contributed by atoms with Gasteiger partial charge in [-0.2, -0.15) is 0 Å². The lowest BCUT2D eigenvalue weighted by Gasteiger charge is -2.13. The molecule has 6 heteroatoms. The van der Waals surface area contributed by atoms with Crippen molar-refractivity contribution in [2.24, 2.45) is 6.98 Å². The highest BCUT2D eigenvalue weighted by Gasteiger charge is 2.14. The van der Waals surface area contributed by atoms with E-state index in [1.165, 1.54) is 23.0 Å². The molecule has 3 rings (SSSR count). The largest absolute Gasteiger partial charge is 0.368 e. The molecule has 2 heterocycles. The van der Waals surface area contributed by atoms with Crippen molar-refractivity contribution >= 4 is 16.6 Å². The summed E-state index contributed by atoms with van der Waals surface area (Å²) >= 11 is 0. The Morgan fingerprint density at radius 3 is 3.00 bits per heavy atom. The molecule has 0 saturated carbocycles. The van der Waals surface area contributed by atoms with E-state index in [1.807, 2.05) is 0 Å². The maximum absolute atomic E-state index is 12.8. The average molecular weight is 277 g/mol. The van der Waals surface area contributed by atoms with E-state index >= 15 is 0 Å². The van der Waals surface area contributed by atoms with E-state index in [1.54, 1.807) is 13.0 Å². The van der Waals surface area contributed by atoms with Gasteiger partial charge < -0.3 is 10.2 Å². The maximum atomic E-state index is 12.8. The summed E-state index contributed by atoms with van der Waals surface area (Å²) in [5.74, 6) is 0. The number of benzene rings is 1. The molecule has 0 radical (unpaired) electrons. The minimum Gasteiger partial charge on any atom is -0.368 e. The molecule has 3 aromatic rings. The fourth-order valence-corrected chi connectivity index (χ4v) is 2.38. The Hall–Kier alpha value is -2.18. The summed E-state index contributed by atoms with van der Waals surface area (Å²) in [5, 5.41) is 18.8. The molecule has 6 nitrogen and oxygen atoms in total. The van der Waals surface area contributed by atoms with E-state index in [0.717, 1.165) is 0 Å². The van der Waals surface area contributed by atoms with Gasteiger partial charge in [0, 0.05) is 18.9 Å². The van der Waals surface area contributed by atoms with Crippen LogP contribution in [-0.4, -0.2) is 30.5 Å². The van der Waals surface area contributed by atoms with E-state index in [2.05, 4.69) is 4.98 Å². The van der Waals surface area contributed by atoms with Crippen molar-refractivity contribution in [3.63, 3.8) is 0 Å². The molecule has 0 amide bonds. The molecule has 2 N–H and O–H groups in total. The van der Waals surface area contributed by atoms with Crippen molar-refractivity contribution in [1.29, 1.82) is 0 Å². The lowest BCUT2D eigenvalue weighted by Crippen LogP contribution is -2.21. The number of imidazole rings is 1. The summed E-state index contributed by atoms with van der Waals surface area (Å²) in [7, 11) is 0. The first-order valence-electron chi connectivity index (χ1n) is 8.01. The fourth-order valence-electron chi connectivity index (χ4n) is 2.38. The van der Waals surface area contributed by atoms with Gasteiger partial charge >= 0.3 is 0 Å². The Morgan fingerprint density at radius 2 is 2.30 bits per heavy atom. The number of aliphatic hydroxyl groups excluding tert-OH is 1. The summed E-state index contributed by atoms with van der Waals surface area (Å²) in [6, 6.07) is 3.08. The van der Waals surface area contributed by atoms with Crippen LogP contribution in [0.3, 0.4) is 0 Å². The molecule has 1 atom stereocenters. The van der Waals surface area contributed by atoms with Crippen molar-refractivity contribution in [3.05, 3.63) is 46.1 Å². The third-order valence-corrected chi connectivity index (χ3v) is 3.13. The lowest BCUT2D eigenvalue weighted by atomic mass is 10.0. The number of aryl methyl sites for hydroxylation is 2. The van der Waals surface area contributed by atoms with Crippen molar-refractivity contribution in [2.75, 3.05) is 0 Å². The van der Waals surface area contributed by atoms with Gasteiger partial charge in [0.05, 0.1) is 17.1 Å². The predicted molar refractivity (Wildman–Crippen MR) is 74.6 cm³/mol. The number of aromatic nitrogens is 3. The minimum absolute atomic E-state index is 0.0391.